The number of H-pyrrole nitrogens is 1. The van der Waals surface area contributed by atoms with E-state index >= 15 is 0 Å². The zero-order chi connectivity index (χ0) is 15.8. The second kappa shape index (κ2) is 5.37. The SMILES string of the molecule is OC(Nc1cccc2ncccc12)c1cc2ccc(F)cc2[nH]1. The van der Waals surface area contributed by atoms with E-state index in [1.54, 1.807) is 18.3 Å². The van der Waals surface area contributed by atoms with Crippen LogP contribution in [0.4, 0.5) is 10.1 Å². The average molecular weight is 307 g/mol. The van der Waals surface area contributed by atoms with Crippen LogP contribution in [0.2, 0.25) is 0 Å². The molecule has 0 saturated heterocycles. The molecule has 0 saturated carbocycles. The van der Waals surface area contributed by atoms with Crippen molar-refractivity contribution in [3.05, 3.63) is 72.3 Å². The molecule has 1 atom stereocenters. The summed E-state index contributed by atoms with van der Waals surface area (Å²) in [6.45, 7) is 0. The number of pyridine rings is 1. The van der Waals surface area contributed by atoms with Crippen molar-refractivity contribution in [2.45, 2.75) is 6.23 Å². The standard InChI is InChI=1S/C18H14FN3O/c19-12-7-6-11-9-17(21-16(11)10-12)18(23)22-15-5-1-4-14-13(15)3-2-8-20-14/h1-10,18,21-23H. The Kier molecular flexibility index (Phi) is 3.20. The van der Waals surface area contributed by atoms with Crippen molar-refractivity contribution in [2.75, 3.05) is 5.32 Å². The molecule has 0 aliphatic carbocycles. The Morgan fingerprint density at radius 1 is 1.09 bits per heavy atom. The van der Waals surface area contributed by atoms with Gasteiger partial charge >= 0.3 is 0 Å². The van der Waals surface area contributed by atoms with E-state index in [-0.39, 0.29) is 5.82 Å². The number of aromatic nitrogens is 2. The smallest absolute Gasteiger partial charge is 0.165 e. The number of nitrogens with zero attached hydrogens (tertiary/aromatic N) is 1. The number of benzene rings is 2. The predicted molar refractivity (Wildman–Crippen MR) is 88.6 cm³/mol. The number of halogens is 1. The van der Waals surface area contributed by atoms with Crippen LogP contribution < -0.4 is 5.32 Å². The van der Waals surface area contributed by atoms with Crippen molar-refractivity contribution < 1.29 is 9.50 Å². The fourth-order valence-electron chi connectivity index (χ4n) is 2.72. The second-order valence-electron chi connectivity index (χ2n) is 5.38. The summed E-state index contributed by atoms with van der Waals surface area (Å²) in [5.74, 6) is -0.312. The quantitative estimate of drug-likeness (QED) is 0.502. The van der Waals surface area contributed by atoms with Gasteiger partial charge in [0.05, 0.1) is 11.2 Å². The summed E-state index contributed by atoms with van der Waals surface area (Å²) in [7, 11) is 0. The molecule has 114 valence electrons. The first-order valence-corrected chi connectivity index (χ1v) is 7.27. The Bertz CT molecular complexity index is 991. The van der Waals surface area contributed by atoms with Crippen molar-refractivity contribution in [3.8, 4) is 0 Å². The van der Waals surface area contributed by atoms with Gasteiger partial charge in [-0.25, -0.2) is 4.39 Å². The molecule has 23 heavy (non-hydrogen) atoms. The fourth-order valence-corrected chi connectivity index (χ4v) is 2.72. The molecule has 5 heteroatoms. The summed E-state index contributed by atoms with van der Waals surface area (Å²) in [6, 6.07) is 15.8. The molecule has 3 N–H and O–H groups in total. The van der Waals surface area contributed by atoms with Crippen LogP contribution in [0.25, 0.3) is 21.8 Å². The van der Waals surface area contributed by atoms with Crippen molar-refractivity contribution in [1.82, 2.24) is 9.97 Å². The lowest BCUT2D eigenvalue weighted by molar-refractivity contribution is 0.204. The van der Waals surface area contributed by atoms with E-state index in [4.69, 9.17) is 0 Å². The average Bonchev–Trinajstić information content (AvgIpc) is 2.98. The van der Waals surface area contributed by atoms with Gasteiger partial charge in [0.1, 0.15) is 5.82 Å². The number of anilines is 1. The van der Waals surface area contributed by atoms with E-state index in [0.717, 1.165) is 22.0 Å². The minimum absolute atomic E-state index is 0.312. The summed E-state index contributed by atoms with van der Waals surface area (Å²) < 4.78 is 13.3. The maximum absolute atomic E-state index is 13.3. The van der Waals surface area contributed by atoms with Gasteiger partial charge in [-0.3, -0.25) is 4.98 Å². The summed E-state index contributed by atoms with van der Waals surface area (Å²) in [5.41, 5.74) is 2.86. The Morgan fingerprint density at radius 2 is 2.00 bits per heavy atom. The van der Waals surface area contributed by atoms with E-state index in [1.165, 1.54) is 12.1 Å². The van der Waals surface area contributed by atoms with Crippen molar-refractivity contribution in [1.29, 1.82) is 0 Å². The highest BCUT2D eigenvalue weighted by Crippen LogP contribution is 2.26. The number of rotatable bonds is 3. The Labute approximate surface area is 131 Å². The molecule has 0 aliphatic rings. The van der Waals surface area contributed by atoms with Crippen LogP contribution in [0.15, 0.2) is 60.8 Å². The summed E-state index contributed by atoms with van der Waals surface area (Å²) in [5, 5.41) is 15.3. The van der Waals surface area contributed by atoms with Gasteiger partial charge < -0.3 is 15.4 Å². The van der Waals surface area contributed by atoms with Crippen LogP contribution in [0.3, 0.4) is 0 Å². The van der Waals surface area contributed by atoms with E-state index in [0.29, 0.717) is 11.2 Å². The third-order valence-corrected chi connectivity index (χ3v) is 3.84. The largest absolute Gasteiger partial charge is 0.368 e. The third kappa shape index (κ3) is 2.51. The van der Waals surface area contributed by atoms with Crippen molar-refractivity contribution >= 4 is 27.5 Å². The van der Waals surface area contributed by atoms with Gasteiger partial charge in [0, 0.05) is 28.2 Å². The highest BCUT2D eigenvalue weighted by atomic mass is 19.1. The minimum atomic E-state index is -0.934. The van der Waals surface area contributed by atoms with E-state index in [9.17, 15) is 9.50 Å². The fraction of sp³-hybridized carbons (Fsp3) is 0.0556. The molecule has 2 aromatic heterocycles. The topological polar surface area (TPSA) is 60.9 Å². The summed E-state index contributed by atoms with van der Waals surface area (Å²) >= 11 is 0. The third-order valence-electron chi connectivity index (χ3n) is 3.84. The number of nitrogens with one attached hydrogen (secondary N) is 2. The molecule has 2 heterocycles. The molecule has 2 aromatic carbocycles. The van der Waals surface area contributed by atoms with Gasteiger partial charge in [-0.15, -0.1) is 0 Å². The maximum atomic E-state index is 13.3. The Balaban J connectivity index is 1.69. The highest BCUT2D eigenvalue weighted by Gasteiger charge is 2.12. The van der Waals surface area contributed by atoms with Crippen molar-refractivity contribution in [2.24, 2.45) is 0 Å². The maximum Gasteiger partial charge on any atom is 0.165 e. The first-order valence-electron chi connectivity index (χ1n) is 7.27. The van der Waals surface area contributed by atoms with Crippen LogP contribution in [0.1, 0.15) is 11.9 Å². The highest BCUT2D eigenvalue weighted by molar-refractivity contribution is 5.91. The number of aliphatic hydroxyl groups is 1. The number of hydrogen-bond acceptors (Lipinski definition) is 3. The molecular weight excluding hydrogens is 293 g/mol. The van der Waals surface area contributed by atoms with Crippen molar-refractivity contribution in [3.63, 3.8) is 0 Å². The number of aliphatic hydroxyl groups excluding tert-OH is 1. The lowest BCUT2D eigenvalue weighted by Gasteiger charge is -2.14. The number of hydrogen-bond donors (Lipinski definition) is 3. The Hall–Kier alpha value is -2.92. The molecule has 0 radical (unpaired) electrons. The summed E-state index contributed by atoms with van der Waals surface area (Å²) in [4.78, 5) is 7.33. The van der Waals surface area contributed by atoms with Crippen LogP contribution >= 0.6 is 0 Å². The first-order chi connectivity index (χ1) is 11.2. The molecule has 0 amide bonds. The van der Waals surface area contributed by atoms with Crippen LogP contribution in [-0.4, -0.2) is 15.1 Å². The summed E-state index contributed by atoms with van der Waals surface area (Å²) in [6.07, 6.45) is 0.797. The van der Waals surface area contributed by atoms with Gasteiger partial charge in [0.2, 0.25) is 0 Å². The van der Waals surface area contributed by atoms with Crippen LogP contribution in [0, 0.1) is 5.82 Å². The Morgan fingerprint density at radius 3 is 2.91 bits per heavy atom. The monoisotopic (exact) mass is 307 g/mol. The molecule has 0 fully saturated rings. The predicted octanol–water partition coefficient (Wildman–Crippen LogP) is 3.96. The van der Waals surface area contributed by atoms with E-state index in [1.807, 2.05) is 30.3 Å². The van der Waals surface area contributed by atoms with E-state index < -0.39 is 6.23 Å². The molecule has 4 nitrogen and oxygen atoms in total. The molecule has 0 spiro atoms. The van der Waals surface area contributed by atoms with Gasteiger partial charge in [0.15, 0.2) is 6.23 Å². The minimum Gasteiger partial charge on any atom is -0.368 e. The molecule has 4 aromatic rings. The lowest BCUT2D eigenvalue weighted by Crippen LogP contribution is -2.10. The first kappa shape index (κ1) is 13.7. The molecule has 0 aliphatic heterocycles. The van der Waals surface area contributed by atoms with Crippen LogP contribution in [0.5, 0.6) is 0 Å². The van der Waals surface area contributed by atoms with Gasteiger partial charge in [-0.05, 0) is 48.5 Å². The molecule has 1 unspecified atom stereocenters. The molecular formula is C18H14FN3O. The normalized spacial score (nSPS) is 12.6. The van der Waals surface area contributed by atoms with Gasteiger partial charge in [-0.2, -0.15) is 0 Å². The van der Waals surface area contributed by atoms with Gasteiger partial charge in [0.25, 0.3) is 0 Å². The zero-order valence-electron chi connectivity index (χ0n) is 12.1. The van der Waals surface area contributed by atoms with E-state index in [2.05, 4.69) is 15.3 Å². The second-order valence-corrected chi connectivity index (χ2v) is 5.38. The van der Waals surface area contributed by atoms with Gasteiger partial charge in [-0.1, -0.05) is 6.07 Å². The number of fused-ring (bicyclic) bond motifs is 2. The van der Waals surface area contributed by atoms with Crippen LogP contribution in [-0.2, 0) is 0 Å². The zero-order valence-corrected chi connectivity index (χ0v) is 12.1. The molecule has 0 bridgehead atoms. The lowest BCUT2D eigenvalue weighted by atomic mass is 10.1. The molecule has 4 rings (SSSR count). The number of aromatic amines is 1.